The molecule has 0 atom stereocenters. The maximum absolute atomic E-state index is 12.1. The average molecular weight is 390 g/mol. The zero-order chi connectivity index (χ0) is 20.5. The number of hydrogen-bond acceptors (Lipinski definition) is 3. The van der Waals surface area contributed by atoms with Crippen LogP contribution in [0.2, 0.25) is 0 Å². The van der Waals surface area contributed by atoms with E-state index in [9.17, 15) is 18.4 Å². The van der Waals surface area contributed by atoms with Gasteiger partial charge in [-0.05, 0) is 47.7 Å². The van der Waals surface area contributed by atoms with Gasteiger partial charge >= 0.3 is 6.61 Å². The summed E-state index contributed by atoms with van der Waals surface area (Å²) in [5, 5.41) is 5.24. The topological polar surface area (TPSA) is 67.4 Å². The van der Waals surface area contributed by atoms with Gasteiger partial charge in [0.15, 0.2) is 0 Å². The summed E-state index contributed by atoms with van der Waals surface area (Å²) in [6, 6.07) is 13.5. The first kappa shape index (κ1) is 21.3. The van der Waals surface area contributed by atoms with Crippen molar-refractivity contribution < 1.29 is 23.1 Å². The Morgan fingerprint density at radius 2 is 1.61 bits per heavy atom. The quantitative estimate of drug-likeness (QED) is 0.689. The Labute approximate surface area is 163 Å². The molecule has 0 unspecified atom stereocenters. The van der Waals surface area contributed by atoms with Crippen LogP contribution in [-0.4, -0.2) is 31.5 Å². The third-order valence-electron chi connectivity index (χ3n) is 4.13. The van der Waals surface area contributed by atoms with E-state index in [4.69, 9.17) is 0 Å². The number of halogens is 2. The van der Waals surface area contributed by atoms with Crippen LogP contribution in [0.4, 0.5) is 8.78 Å². The van der Waals surface area contributed by atoms with Gasteiger partial charge in [-0.2, -0.15) is 8.78 Å². The zero-order valence-electron chi connectivity index (χ0n) is 15.9. The van der Waals surface area contributed by atoms with Gasteiger partial charge in [0.2, 0.25) is 5.91 Å². The highest BCUT2D eigenvalue weighted by molar-refractivity contribution is 5.96. The Balaban J connectivity index is 1.70. The lowest BCUT2D eigenvalue weighted by Gasteiger charge is -2.09. The second-order valence-corrected chi connectivity index (χ2v) is 6.58. The van der Waals surface area contributed by atoms with Gasteiger partial charge in [0.05, 0.1) is 6.54 Å². The zero-order valence-corrected chi connectivity index (χ0v) is 15.9. The number of nitrogens with one attached hydrogen (secondary N) is 2. The van der Waals surface area contributed by atoms with Gasteiger partial charge in [0.1, 0.15) is 5.75 Å². The van der Waals surface area contributed by atoms with E-state index < -0.39 is 12.5 Å². The highest BCUT2D eigenvalue weighted by Crippen LogP contribution is 2.15. The standard InChI is InChI=1S/C21H24F2N2O3/c1-14(2)16-5-3-15(4-6-16)11-12-24-19(26)13-25-20(27)17-7-9-18(10-8-17)28-21(22)23/h3-10,14,21H,11-13H2,1-2H3,(H,24,26)(H,25,27). The van der Waals surface area contributed by atoms with Gasteiger partial charge in [-0.3, -0.25) is 9.59 Å². The molecule has 0 aliphatic rings. The Bertz CT molecular complexity index is 775. The van der Waals surface area contributed by atoms with Crippen LogP contribution < -0.4 is 15.4 Å². The summed E-state index contributed by atoms with van der Waals surface area (Å²) in [6.07, 6.45) is 0.698. The molecule has 2 aromatic rings. The molecule has 2 amide bonds. The van der Waals surface area contributed by atoms with Crippen molar-refractivity contribution in [1.82, 2.24) is 10.6 Å². The second-order valence-electron chi connectivity index (χ2n) is 6.58. The van der Waals surface area contributed by atoms with E-state index in [-0.39, 0.29) is 23.8 Å². The third-order valence-corrected chi connectivity index (χ3v) is 4.13. The molecule has 0 radical (unpaired) electrons. The minimum atomic E-state index is -2.92. The fourth-order valence-corrected chi connectivity index (χ4v) is 2.53. The first-order valence-corrected chi connectivity index (χ1v) is 9.03. The number of carbonyl (C=O) groups is 2. The largest absolute Gasteiger partial charge is 0.435 e. The first-order valence-electron chi connectivity index (χ1n) is 9.03. The molecule has 0 fully saturated rings. The number of amides is 2. The number of benzene rings is 2. The highest BCUT2D eigenvalue weighted by atomic mass is 19.3. The Morgan fingerprint density at radius 1 is 0.964 bits per heavy atom. The molecule has 0 aliphatic heterocycles. The lowest BCUT2D eigenvalue weighted by Crippen LogP contribution is -2.37. The van der Waals surface area contributed by atoms with Crippen LogP contribution >= 0.6 is 0 Å². The monoisotopic (exact) mass is 390 g/mol. The van der Waals surface area contributed by atoms with E-state index in [0.29, 0.717) is 18.9 Å². The van der Waals surface area contributed by atoms with E-state index in [1.165, 1.54) is 29.8 Å². The molecule has 0 aromatic heterocycles. The fraction of sp³-hybridized carbons (Fsp3) is 0.333. The maximum atomic E-state index is 12.1. The minimum Gasteiger partial charge on any atom is -0.435 e. The van der Waals surface area contributed by atoms with Crippen LogP contribution in [0.1, 0.15) is 41.3 Å². The molecule has 0 bridgehead atoms. The van der Waals surface area contributed by atoms with Crippen molar-refractivity contribution >= 4 is 11.8 Å². The van der Waals surface area contributed by atoms with Crippen LogP contribution in [0.5, 0.6) is 5.75 Å². The smallest absolute Gasteiger partial charge is 0.387 e. The molecular formula is C21H24F2N2O3. The molecule has 0 aliphatic carbocycles. The molecule has 2 rings (SSSR count). The first-order chi connectivity index (χ1) is 13.3. The summed E-state index contributed by atoms with van der Waals surface area (Å²) >= 11 is 0. The number of hydrogen-bond donors (Lipinski definition) is 2. The number of ether oxygens (including phenoxy) is 1. The lowest BCUT2D eigenvalue weighted by molar-refractivity contribution is -0.120. The molecule has 0 saturated carbocycles. The van der Waals surface area contributed by atoms with Crippen molar-refractivity contribution in [2.75, 3.05) is 13.1 Å². The normalized spacial score (nSPS) is 10.8. The molecule has 2 N–H and O–H groups in total. The Morgan fingerprint density at radius 3 is 2.18 bits per heavy atom. The van der Waals surface area contributed by atoms with Gasteiger partial charge in [-0.25, -0.2) is 0 Å². The lowest BCUT2D eigenvalue weighted by atomic mass is 10.0. The molecule has 0 heterocycles. The van der Waals surface area contributed by atoms with Crippen LogP contribution in [0.3, 0.4) is 0 Å². The van der Waals surface area contributed by atoms with Gasteiger partial charge in [0, 0.05) is 12.1 Å². The van der Waals surface area contributed by atoms with Crippen molar-refractivity contribution in [2.24, 2.45) is 0 Å². The minimum absolute atomic E-state index is 0.0364. The molecule has 28 heavy (non-hydrogen) atoms. The highest BCUT2D eigenvalue weighted by Gasteiger charge is 2.09. The number of rotatable bonds is 9. The molecule has 5 nitrogen and oxygen atoms in total. The Hall–Kier alpha value is -2.96. The van der Waals surface area contributed by atoms with Gasteiger partial charge in [0.25, 0.3) is 5.91 Å². The molecule has 2 aromatic carbocycles. The predicted octanol–water partition coefficient (Wildman–Crippen LogP) is 3.50. The summed E-state index contributed by atoms with van der Waals surface area (Å²) in [7, 11) is 0. The van der Waals surface area contributed by atoms with E-state index in [2.05, 4.69) is 41.4 Å². The summed E-state index contributed by atoms with van der Waals surface area (Å²) in [5.41, 5.74) is 2.64. The second kappa shape index (κ2) is 10.4. The van der Waals surface area contributed by atoms with Gasteiger partial charge < -0.3 is 15.4 Å². The van der Waals surface area contributed by atoms with Crippen molar-refractivity contribution in [3.8, 4) is 5.75 Å². The maximum Gasteiger partial charge on any atom is 0.387 e. The van der Waals surface area contributed by atoms with Crippen LogP contribution in [0, 0.1) is 0 Å². The summed E-state index contributed by atoms with van der Waals surface area (Å²) in [4.78, 5) is 23.8. The van der Waals surface area contributed by atoms with Crippen molar-refractivity contribution in [2.45, 2.75) is 32.8 Å². The number of alkyl halides is 2. The summed E-state index contributed by atoms with van der Waals surface area (Å²) < 4.78 is 28.4. The third kappa shape index (κ3) is 6.98. The van der Waals surface area contributed by atoms with Crippen LogP contribution in [-0.2, 0) is 11.2 Å². The van der Waals surface area contributed by atoms with Crippen molar-refractivity contribution in [1.29, 1.82) is 0 Å². The molecule has 7 heteroatoms. The van der Waals surface area contributed by atoms with E-state index in [1.807, 2.05) is 12.1 Å². The van der Waals surface area contributed by atoms with Crippen LogP contribution in [0.25, 0.3) is 0 Å². The fourth-order valence-electron chi connectivity index (χ4n) is 2.53. The van der Waals surface area contributed by atoms with Crippen molar-refractivity contribution in [3.63, 3.8) is 0 Å². The van der Waals surface area contributed by atoms with Gasteiger partial charge in [-0.1, -0.05) is 38.1 Å². The molecule has 0 spiro atoms. The van der Waals surface area contributed by atoms with E-state index in [0.717, 1.165) is 5.56 Å². The van der Waals surface area contributed by atoms with Crippen LogP contribution in [0.15, 0.2) is 48.5 Å². The number of carbonyl (C=O) groups excluding carboxylic acids is 2. The van der Waals surface area contributed by atoms with E-state index in [1.54, 1.807) is 0 Å². The van der Waals surface area contributed by atoms with Gasteiger partial charge in [-0.15, -0.1) is 0 Å². The predicted molar refractivity (Wildman–Crippen MR) is 103 cm³/mol. The molecular weight excluding hydrogens is 366 g/mol. The summed E-state index contributed by atoms with van der Waals surface area (Å²) in [6.45, 7) is 1.65. The molecule has 150 valence electrons. The SMILES string of the molecule is CC(C)c1ccc(CCNC(=O)CNC(=O)c2ccc(OC(F)F)cc2)cc1. The average Bonchev–Trinajstić information content (AvgIpc) is 2.66. The van der Waals surface area contributed by atoms with Crippen molar-refractivity contribution in [3.05, 3.63) is 65.2 Å². The summed E-state index contributed by atoms with van der Waals surface area (Å²) in [5.74, 6) is -0.330. The molecule has 0 saturated heterocycles. The Kier molecular flexibility index (Phi) is 7.92. The van der Waals surface area contributed by atoms with E-state index >= 15 is 0 Å².